The Hall–Kier alpha value is -1.17. The molecule has 5 nitrogen and oxygen atoms in total. The van der Waals surface area contributed by atoms with Crippen LogP contribution in [0.2, 0.25) is 5.02 Å². The summed E-state index contributed by atoms with van der Waals surface area (Å²) < 4.78 is 4.88. The van der Waals surface area contributed by atoms with Gasteiger partial charge in [0.05, 0.1) is 11.5 Å². The summed E-state index contributed by atoms with van der Waals surface area (Å²) in [5.41, 5.74) is 1.39. The summed E-state index contributed by atoms with van der Waals surface area (Å²) in [6.07, 6.45) is 0. The monoisotopic (exact) mass is 258 g/mol. The van der Waals surface area contributed by atoms with Crippen molar-refractivity contribution in [3.63, 3.8) is 0 Å². The molecule has 0 amide bonds. The summed E-state index contributed by atoms with van der Waals surface area (Å²) in [5, 5.41) is 14.5. The smallest absolute Gasteiger partial charge is 0.274 e. The number of nitrogens with one attached hydrogen (secondary N) is 1. The van der Waals surface area contributed by atoms with E-state index in [4.69, 9.17) is 16.3 Å². The van der Waals surface area contributed by atoms with E-state index >= 15 is 0 Å². The maximum Gasteiger partial charge on any atom is 0.274 e. The minimum atomic E-state index is -0.392. The molecule has 1 aromatic rings. The van der Waals surface area contributed by atoms with E-state index in [9.17, 15) is 10.1 Å². The van der Waals surface area contributed by atoms with Crippen LogP contribution in [0.1, 0.15) is 11.1 Å². The number of nitrogens with zero attached hydrogens (tertiary/aromatic N) is 1. The Morgan fingerprint density at radius 1 is 1.53 bits per heavy atom. The lowest BCUT2D eigenvalue weighted by Crippen LogP contribution is -2.19. The van der Waals surface area contributed by atoms with Crippen molar-refractivity contribution >= 4 is 17.3 Å². The highest BCUT2D eigenvalue weighted by atomic mass is 35.5. The third-order valence-electron chi connectivity index (χ3n) is 2.36. The minimum absolute atomic E-state index is 0.0943. The van der Waals surface area contributed by atoms with Gasteiger partial charge in [-0.25, -0.2) is 0 Å². The first kappa shape index (κ1) is 13.9. The Labute approximate surface area is 105 Å². The zero-order valence-electron chi connectivity index (χ0n) is 9.83. The van der Waals surface area contributed by atoms with Crippen molar-refractivity contribution in [3.05, 3.63) is 38.4 Å². The van der Waals surface area contributed by atoms with Gasteiger partial charge in [-0.15, -0.1) is 0 Å². The molecule has 1 aromatic carbocycles. The SMILES string of the molecule is COCCNCc1cc(Cl)c(C)cc1[N+](=O)[O-]. The number of aryl methyl sites for hydroxylation is 1. The first-order valence-corrected chi connectivity index (χ1v) is 5.57. The second-order valence-electron chi connectivity index (χ2n) is 3.66. The van der Waals surface area contributed by atoms with Crippen LogP contribution in [-0.2, 0) is 11.3 Å². The zero-order chi connectivity index (χ0) is 12.8. The molecule has 0 fully saturated rings. The number of hydrogen-bond donors (Lipinski definition) is 1. The summed E-state index contributed by atoms with van der Waals surface area (Å²) in [6.45, 7) is 3.35. The standard InChI is InChI=1S/C11H15ClN2O3/c1-8-5-11(14(15)16)9(6-10(8)12)7-13-3-4-17-2/h5-6,13H,3-4,7H2,1-2H3. The molecule has 0 spiro atoms. The second-order valence-corrected chi connectivity index (χ2v) is 4.06. The largest absolute Gasteiger partial charge is 0.383 e. The highest BCUT2D eigenvalue weighted by Crippen LogP contribution is 2.26. The van der Waals surface area contributed by atoms with Gasteiger partial charge in [0.2, 0.25) is 0 Å². The molecule has 0 aliphatic rings. The first-order chi connectivity index (χ1) is 8.06. The first-order valence-electron chi connectivity index (χ1n) is 5.19. The predicted octanol–water partition coefficient (Wildman–Crippen LogP) is 2.29. The number of methoxy groups -OCH3 is 1. The van der Waals surface area contributed by atoms with Gasteiger partial charge in [-0.05, 0) is 18.6 Å². The molecule has 0 saturated heterocycles. The van der Waals surface area contributed by atoms with Gasteiger partial charge in [-0.3, -0.25) is 10.1 Å². The van der Waals surface area contributed by atoms with Gasteiger partial charge in [0.25, 0.3) is 5.69 Å². The predicted molar refractivity (Wildman–Crippen MR) is 66.4 cm³/mol. The van der Waals surface area contributed by atoms with Crippen molar-refractivity contribution in [2.45, 2.75) is 13.5 Å². The molecule has 0 bridgehead atoms. The number of rotatable bonds is 6. The molecule has 0 aliphatic heterocycles. The topological polar surface area (TPSA) is 64.4 Å². The van der Waals surface area contributed by atoms with Crippen molar-refractivity contribution in [2.75, 3.05) is 20.3 Å². The van der Waals surface area contributed by atoms with E-state index in [0.717, 1.165) is 0 Å². The Balaban J connectivity index is 2.81. The molecule has 0 aliphatic carbocycles. The van der Waals surface area contributed by atoms with Crippen molar-refractivity contribution in [3.8, 4) is 0 Å². The van der Waals surface area contributed by atoms with Gasteiger partial charge in [0.1, 0.15) is 0 Å². The van der Waals surface area contributed by atoms with Gasteiger partial charge in [-0.2, -0.15) is 0 Å². The molecule has 1 N–H and O–H groups in total. The van der Waals surface area contributed by atoms with Crippen molar-refractivity contribution in [1.82, 2.24) is 5.32 Å². The normalized spacial score (nSPS) is 10.5. The Bertz CT molecular complexity index is 410. The average Bonchev–Trinajstić information content (AvgIpc) is 2.28. The van der Waals surface area contributed by atoms with E-state index in [2.05, 4.69) is 5.32 Å². The van der Waals surface area contributed by atoms with Crippen LogP contribution in [0.4, 0.5) is 5.69 Å². The molecule has 0 saturated carbocycles. The number of halogens is 1. The lowest BCUT2D eigenvalue weighted by atomic mass is 10.1. The molecule has 94 valence electrons. The van der Waals surface area contributed by atoms with E-state index in [1.54, 1.807) is 20.1 Å². The fourth-order valence-corrected chi connectivity index (χ4v) is 1.60. The summed E-state index contributed by atoms with van der Waals surface area (Å²) in [6, 6.07) is 3.13. The molecule has 17 heavy (non-hydrogen) atoms. The van der Waals surface area contributed by atoms with E-state index in [-0.39, 0.29) is 5.69 Å². The van der Waals surface area contributed by atoms with Crippen LogP contribution in [0.5, 0.6) is 0 Å². The quantitative estimate of drug-likeness (QED) is 0.483. The van der Waals surface area contributed by atoms with Crippen LogP contribution in [-0.4, -0.2) is 25.2 Å². The molecule has 0 heterocycles. The van der Waals surface area contributed by atoms with Crippen LogP contribution in [0.3, 0.4) is 0 Å². The van der Waals surface area contributed by atoms with Crippen molar-refractivity contribution in [1.29, 1.82) is 0 Å². The van der Waals surface area contributed by atoms with Crippen molar-refractivity contribution < 1.29 is 9.66 Å². The third kappa shape index (κ3) is 3.96. The van der Waals surface area contributed by atoms with Gasteiger partial charge < -0.3 is 10.1 Å². The van der Waals surface area contributed by atoms with Gasteiger partial charge in [-0.1, -0.05) is 11.6 Å². The van der Waals surface area contributed by atoms with E-state index in [1.807, 2.05) is 0 Å². The maximum absolute atomic E-state index is 10.9. The molecular formula is C11H15ClN2O3. The van der Waals surface area contributed by atoms with Crippen LogP contribution >= 0.6 is 11.6 Å². The van der Waals surface area contributed by atoms with Gasteiger partial charge in [0, 0.05) is 36.9 Å². The highest BCUT2D eigenvalue weighted by Gasteiger charge is 2.15. The van der Waals surface area contributed by atoms with E-state index in [1.165, 1.54) is 6.07 Å². The number of benzene rings is 1. The molecule has 1 rings (SSSR count). The van der Waals surface area contributed by atoms with Crippen LogP contribution in [0.15, 0.2) is 12.1 Å². The number of nitro groups is 1. The molecule has 6 heteroatoms. The zero-order valence-corrected chi connectivity index (χ0v) is 10.6. The van der Waals surface area contributed by atoms with E-state index in [0.29, 0.717) is 35.8 Å². The van der Waals surface area contributed by atoms with Crippen LogP contribution in [0, 0.1) is 17.0 Å². The minimum Gasteiger partial charge on any atom is -0.383 e. The second kappa shape index (κ2) is 6.54. The summed E-state index contributed by atoms with van der Waals surface area (Å²) in [7, 11) is 1.60. The summed E-state index contributed by atoms with van der Waals surface area (Å²) in [5.74, 6) is 0. The molecule has 0 atom stereocenters. The third-order valence-corrected chi connectivity index (χ3v) is 2.76. The molecule has 0 unspecified atom stereocenters. The Morgan fingerprint density at radius 3 is 2.82 bits per heavy atom. The number of nitro benzene ring substituents is 1. The van der Waals surface area contributed by atoms with Crippen LogP contribution < -0.4 is 5.32 Å². The number of hydrogen-bond acceptors (Lipinski definition) is 4. The highest BCUT2D eigenvalue weighted by molar-refractivity contribution is 6.31. The fraction of sp³-hybridized carbons (Fsp3) is 0.455. The maximum atomic E-state index is 10.9. The summed E-state index contributed by atoms with van der Waals surface area (Å²) >= 11 is 5.96. The average molecular weight is 259 g/mol. The molecular weight excluding hydrogens is 244 g/mol. The summed E-state index contributed by atoms with van der Waals surface area (Å²) in [4.78, 5) is 10.5. The number of ether oxygens (including phenoxy) is 1. The van der Waals surface area contributed by atoms with Gasteiger partial charge in [0.15, 0.2) is 0 Å². The Kier molecular flexibility index (Phi) is 5.34. The molecule has 0 radical (unpaired) electrons. The lowest BCUT2D eigenvalue weighted by Gasteiger charge is -2.07. The van der Waals surface area contributed by atoms with Gasteiger partial charge >= 0.3 is 0 Å². The van der Waals surface area contributed by atoms with E-state index < -0.39 is 4.92 Å². The molecule has 0 aromatic heterocycles. The Morgan fingerprint density at radius 2 is 2.24 bits per heavy atom. The van der Waals surface area contributed by atoms with Crippen molar-refractivity contribution in [2.24, 2.45) is 0 Å². The lowest BCUT2D eigenvalue weighted by molar-refractivity contribution is -0.385. The van der Waals surface area contributed by atoms with Crippen LogP contribution in [0.25, 0.3) is 0 Å². The fourth-order valence-electron chi connectivity index (χ4n) is 1.42.